The maximum absolute atomic E-state index is 9.99. The van der Waals surface area contributed by atoms with Gasteiger partial charge in [-0.2, -0.15) is 0 Å². The van der Waals surface area contributed by atoms with Crippen molar-refractivity contribution >= 4 is 0 Å². The Balaban J connectivity index is 1.52. The van der Waals surface area contributed by atoms with Crippen molar-refractivity contribution in [2.75, 3.05) is 26.2 Å². The van der Waals surface area contributed by atoms with E-state index >= 15 is 0 Å². The molecular formula is C18H28N2O. The van der Waals surface area contributed by atoms with E-state index in [2.05, 4.69) is 22.8 Å². The van der Waals surface area contributed by atoms with Gasteiger partial charge in [0.1, 0.15) is 5.75 Å². The van der Waals surface area contributed by atoms with Gasteiger partial charge in [0, 0.05) is 18.2 Å². The first-order valence-electron chi connectivity index (χ1n) is 8.47. The first-order chi connectivity index (χ1) is 10.2. The number of piperidine rings is 2. The zero-order valence-corrected chi connectivity index (χ0v) is 13.2. The molecule has 0 atom stereocenters. The van der Waals surface area contributed by atoms with E-state index in [0.29, 0.717) is 5.75 Å². The zero-order chi connectivity index (χ0) is 14.7. The van der Waals surface area contributed by atoms with Gasteiger partial charge in [-0.3, -0.25) is 4.90 Å². The lowest BCUT2D eigenvalue weighted by molar-refractivity contribution is 0.0893. The fraction of sp³-hybridized carbons (Fsp3) is 0.667. The molecule has 0 saturated carbocycles. The molecule has 3 heteroatoms. The first kappa shape index (κ1) is 14.9. The molecule has 0 aromatic heterocycles. The molecule has 0 bridgehead atoms. The Kier molecular flexibility index (Phi) is 4.81. The van der Waals surface area contributed by atoms with Crippen molar-refractivity contribution in [3.05, 3.63) is 29.3 Å². The van der Waals surface area contributed by atoms with E-state index in [-0.39, 0.29) is 0 Å². The van der Waals surface area contributed by atoms with Gasteiger partial charge in [-0.25, -0.2) is 0 Å². The maximum atomic E-state index is 9.99. The summed E-state index contributed by atoms with van der Waals surface area (Å²) in [6.07, 6.45) is 6.76. The van der Waals surface area contributed by atoms with Gasteiger partial charge < -0.3 is 10.0 Å². The van der Waals surface area contributed by atoms with Gasteiger partial charge in [-0.05, 0) is 64.9 Å². The van der Waals surface area contributed by atoms with Crippen LogP contribution in [0.1, 0.15) is 43.2 Å². The van der Waals surface area contributed by atoms with Crippen molar-refractivity contribution in [1.82, 2.24) is 9.80 Å². The van der Waals surface area contributed by atoms with Crippen LogP contribution in [0.4, 0.5) is 0 Å². The summed E-state index contributed by atoms with van der Waals surface area (Å²) < 4.78 is 0. The molecule has 2 aliphatic heterocycles. The van der Waals surface area contributed by atoms with Crippen LogP contribution in [0.5, 0.6) is 5.75 Å². The van der Waals surface area contributed by atoms with Crippen LogP contribution in [0.25, 0.3) is 0 Å². The molecule has 3 rings (SSSR count). The third-order valence-electron chi connectivity index (χ3n) is 5.09. The number of likely N-dealkylation sites (tertiary alicyclic amines) is 2. The number of hydrogen-bond donors (Lipinski definition) is 1. The zero-order valence-electron chi connectivity index (χ0n) is 13.2. The van der Waals surface area contributed by atoms with Crippen molar-refractivity contribution < 1.29 is 5.11 Å². The van der Waals surface area contributed by atoms with E-state index in [1.807, 2.05) is 12.1 Å². The lowest BCUT2D eigenvalue weighted by Gasteiger charge is -2.40. The molecule has 1 aromatic carbocycles. The van der Waals surface area contributed by atoms with Crippen molar-refractivity contribution in [3.63, 3.8) is 0 Å². The molecule has 0 unspecified atom stereocenters. The molecule has 21 heavy (non-hydrogen) atoms. The van der Waals surface area contributed by atoms with Gasteiger partial charge in [-0.15, -0.1) is 0 Å². The van der Waals surface area contributed by atoms with Crippen LogP contribution in [0.15, 0.2) is 18.2 Å². The molecule has 0 amide bonds. The summed E-state index contributed by atoms with van der Waals surface area (Å²) in [5.41, 5.74) is 2.30. The summed E-state index contributed by atoms with van der Waals surface area (Å²) >= 11 is 0. The number of benzene rings is 1. The smallest absolute Gasteiger partial charge is 0.120 e. The fourth-order valence-electron chi connectivity index (χ4n) is 3.81. The van der Waals surface area contributed by atoms with Crippen LogP contribution in [0, 0.1) is 6.92 Å². The molecule has 1 N–H and O–H groups in total. The molecular weight excluding hydrogens is 260 g/mol. The molecule has 0 spiro atoms. The third kappa shape index (κ3) is 3.78. The van der Waals surface area contributed by atoms with E-state index in [1.165, 1.54) is 50.8 Å². The van der Waals surface area contributed by atoms with Crippen LogP contribution in [-0.4, -0.2) is 47.1 Å². The molecule has 2 saturated heterocycles. The summed E-state index contributed by atoms with van der Waals surface area (Å²) in [6.45, 7) is 7.92. The minimum Gasteiger partial charge on any atom is -0.508 e. The van der Waals surface area contributed by atoms with E-state index in [0.717, 1.165) is 31.2 Å². The van der Waals surface area contributed by atoms with Gasteiger partial charge in [0.15, 0.2) is 0 Å². The van der Waals surface area contributed by atoms with Crippen LogP contribution < -0.4 is 0 Å². The van der Waals surface area contributed by atoms with Crippen molar-refractivity contribution in [2.24, 2.45) is 0 Å². The summed E-state index contributed by atoms with van der Waals surface area (Å²) in [5, 5.41) is 9.99. The molecule has 0 radical (unpaired) electrons. The second-order valence-corrected chi connectivity index (χ2v) is 6.74. The average Bonchev–Trinajstić information content (AvgIpc) is 2.53. The summed E-state index contributed by atoms with van der Waals surface area (Å²) in [7, 11) is 0. The number of nitrogens with zero attached hydrogens (tertiary/aromatic N) is 2. The van der Waals surface area contributed by atoms with Crippen molar-refractivity contribution in [3.8, 4) is 5.75 Å². The van der Waals surface area contributed by atoms with Crippen molar-refractivity contribution in [2.45, 2.75) is 51.6 Å². The monoisotopic (exact) mass is 288 g/mol. The quantitative estimate of drug-likeness (QED) is 0.925. The Labute approximate surface area is 128 Å². The normalized spacial score (nSPS) is 22.5. The minimum absolute atomic E-state index is 0.443. The molecule has 1 aromatic rings. The fourth-order valence-corrected chi connectivity index (χ4v) is 3.81. The molecule has 2 heterocycles. The highest BCUT2D eigenvalue weighted by atomic mass is 16.3. The second-order valence-electron chi connectivity index (χ2n) is 6.74. The topological polar surface area (TPSA) is 26.7 Å². The second kappa shape index (κ2) is 6.80. The Morgan fingerprint density at radius 2 is 1.76 bits per heavy atom. The summed E-state index contributed by atoms with van der Waals surface area (Å²) in [4.78, 5) is 5.21. The summed E-state index contributed by atoms with van der Waals surface area (Å²) in [5.74, 6) is 0.443. The number of aromatic hydroxyl groups is 1. The summed E-state index contributed by atoms with van der Waals surface area (Å²) in [6, 6.07) is 6.71. The average molecular weight is 288 g/mol. The molecule has 2 fully saturated rings. The molecule has 116 valence electrons. The van der Waals surface area contributed by atoms with Gasteiger partial charge in [0.25, 0.3) is 0 Å². The number of rotatable bonds is 3. The maximum Gasteiger partial charge on any atom is 0.120 e. The van der Waals surface area contributed by atoms with Crippen LogP contribution >= 0.6 is 0 Å². The lowest BCUT2D eigenvalue weighted by Crippen LogP contribution is -2.46. The molecule has 0 aliphatic carbocycles. The minimum atomic E-state index is 0.443. The van der Waals surface area contributed by atoms with Crippen LogP contribution in [0.2, 0.25) is 0 Å². The number of phenolic OH excluding ortho intramolecular Hbond substituents is 1. The first-order valence-corrected chi connectivity index (χ1v) is 8.47. The lowest BCUT2D eigenvalue weighted by atomic mass is 9.99. The van der Waals surface area contributed by atoms with E-state index < -0.39 is 0 Å². The van der Waals surface area contributed by atoms with Gasteiger partial charge in [-0.1, -0.05) is 24.1 Å². The largest absolute Gasteiger partial charge is 0.508 e. The number of aryl methyl sites for hydroxylation is 1. The Bertz CT molecular complexity index is 460. The molecule has 2 aliphatic rings. The third-order valence-corrected chi connectivity index (χ3v) is 5.09. The van der Waals surface area contributed by atoms with Crippen molar-refractivity contribution in [1.29, 1.82) is 0 Å². The number of phenols is 1. The SMILES string of the molecule is Cc1ccc(O)c(CN2CCC(N3CCCCC3)CC2)c1. The van der Waals surface area contributed by atoms with E-state index in [4.69, 9.17) is 0 Å². The van der Waals surface area contributed by atoms with E-state index in [9.17, 15) is 5.11 Å². The van der Waals surface area contributed by atoms with Gasteiger partial charge in [0.2, 0.25) is 0 Å². The van der Waals surface area contributed by atoms with E-state index in [1.54, 1.807) is 0 Å². The Morgan fingerprint density at radius 3 is 2.48 bits per heavy atom. The Hall–Kier alpha value is -1.06. The highest BCUT2D eigenvalue weighted by molar-refractivity contribution is 5.35. The van der Waals surface area contributed by atoms with Crippen LogP contribution in [0.3, 0.4) is 0 Å². The van der Waals surface area contributed by atoms with Gasteiger partial charge >= 0.3 is 0 Å². The molecule has 3 nitrogen and oxygen atoms in total. The highest BCUT2D eigenvalue weighted by Gasteiger charge is 2.25. The highest BCUT2D eigenvalue weighted by Crippen LogP contribution is 2.24. The predicted molar refractivity (Wildman–Crippen MR) is 86.6 cm³/mol. The van der Waals surface area contributed by atoms with Crippen LogP contribution in [-0.2, 0) is 6.54 Å². The standard InChI is InChI=1S/C18H28N2O/c1-15-5-6-18(21)16(13-15)14-19-11-7-17(8-12-19)20-9-3-2-4-10-20/h5-6,13,17,21H,2-4,7-12,14H2,1H3. The van der Waals surface area contributed by atoms with Gasteiger partial charge in [0.05, 0.1) is 0 Å². The number of hydrogen-bond acceptors (Lipinski definition) is 3. The Morgan fingerprint density at radius 1 is 1.05 bits per heavy atom. The predicted octanol–water partition coefficient (Wildman–Crippen LogP) is 3.15.